The Bertz CT molecular complexity index is 1140. The van der Waals surface area contributed by atoms with Crippen molar-refractivity contribution in [1.29, 1.82) is 0 Å². The highest BCUT2D eigenvalue weighted by Gasteiger charge is 2.26. The zero-order valence-corrected chi connectivity index (χ0v) is 22.9. The van der Waals surface area contributed by atoms with Crippen molar-refractivity contribution in [2.75, 3.05) is 23.7 Å². The monoisotopic (exact) mass is 541 g/mol. The van der Waals surface area contributed by atoms with Crippen molar-refractivity contribution in [3.8, 4) is 0 Å². The summed E-state index contributed by atoms with van der Waals surface area (Å²) in [5.74, 6) is -0.509. The van der Waals surface area contributed by atoms with Crippen LogP contribution in [0.25, 0.3) is 0 Å². The molecule has 2 amide bonds. The normalized spacial score (nSPS) is 12.2. The van der Waals surface area contributed by atoms with Crippen LogP contribution in [0.3, 0.4) is 0 Å². The molecule has 7 nitrogen and oxygen atoms in total. The second kappa shape index (κ2) is 13.1. The SMILES string of the molecule is CCCNC(=O)[C@@H](C)N(Cc1ccc(Cl)c(Cl)c1)C(=O)CCCN(c1cccc(C)c1)S(C)(=O)=O. The Morgan fingerprint density at radius 3 is 2.40 bits per heavy atom. The molecule has 0 radical (unpaired) electrons. The molecule has 2 aromatic carbocycles. The molecule has 0 aromatic heterocycles. The Hall–Kier alpha value is -2.29. The molecule has 0 aliphatic heterocycles. The van der Waals surface area contributed by atoms with Crippen molar-refractivity contribution >= 4 is 50.7 Å². The minimum absolute atomic E-state index is 0.0740. The van der Waals surface area contributed by atoms with Crippen molar-refractivity contribution in [2.24, 2.45) is 0 Å². The fourth-order valence-corrected chi connectivity index (χ4v) is 4.88. The minimum Gasteiger partial charge on any atom is -0.354 e. The summed E-state index contributed by atoms with van der Waals surface area (Å²) in [5.41, 5.74) is 2.23. The largest absolute Gasteiger partial charge is 0.354 e. The van der Waals surface area contributed by atoms with Crippen LogP contribution >= 0.6 is 23.2 Å². The molecule has 0 heterocycles. The standard InChI is InChI=1S/C25H33Cl2N3O4S/c1-5-13-28-25(32)19(3)29(17-20-11-12-22(26)23(27)16-20)24(31)10-7-14-30(35(4,33)34)21-9-6-8-18(2)15-21/h6,8-9,11-12,15-16,19H,5,7,10,13-14,17H2,1-4H3,(H,28,32)/t19-/m1/s1. The van der Waals surface area contributed by atoms with E-state index in [1.54, 1.807) is 43.3 Å². The van der Waals surface area contributed by atoms with Crippen LogP contribution in [0.5, 0.6) is 0 Å². The third kappa shape index (κ3) is 8.70. The molecule has 192 valence electrons. The Labute approximate surface area is 218 Å². The second-order valence-corrected chi connectivity index (χ2v) is 11.2. The maximum Gasteiger partial charge on any atom is 0.242 e. The van der Waals surface area contributed by atoms with Crippen LogP contribution in [0.1, 0.15) is 44.2 Å². The number of benzene rings is 2. The number of nitrogens with zero attached hydrogens (tertiary/aromatic N) is 2. The van der Waals surface area contributed by atoms with Crippen LogP contribution in [0.15, 0.2) is 42.5 Å². The van der Waals surface area contributed by atoms with Gasteiger partial charge in [0.05, 0.1) is 22.0 Å². The molecular weight excluding hydrogens is 509 g/mol. The molecule has 1 atom stereocenters. The molecule has 35 heavy (non-hydrogen) atoms. The van der Waals surface area contributed by atoms with Crippen molar-refractivity contribution < 1.29 is 18.0 Å². The number of sulfonamides is 1. The number of aryl methyl sites for hydroxylation is 1. The first-order valence-corrected chi connectivity index (χ1v) is 14.1. The van der Waals surface area contributed by atoms with Gasteiger partial charge in [-0.1, -0.05) is 48.3 Å². The van der Waals surface area contributed by atoms with Gasteiger partial charge in [0, 0.05) is 26.1 Å². The summed E-state index contributed by atoms with van der Waals surface area (Å²) in [6, 6.07) is 11.6. The average molecular weight is 543 g/mol. The van der Waals surface area contributed by atoms with Crippen LogP contribution in [-0.2, 0) is 26.2 Å². The van der Waals surface area contributed by atoms with Gasteiger partial charge in [-0.2, -0.15) is 0 Å². The van der Waals surface area contributed by atoms with Crippen LogP contribution in [0, 0.1) is 6.92 Å². The highest BCUT2D eigenvalue weighted by atomic mass is 35.5. The van der Waals surface area contributed by atoms with Gasteiger partial charge in [-0.25, -0.2) is 8.42 Å². The summed E-state index contributed by atoms with van der Waals surface area (Å²) in [4.78, 5) is 27.4. The minimum atomic E-state index is -3.53. The first-order valence-electron chi connectivity index (χ1n) is 11.5. The molecule has 0 aliphatic rings. The lowest BCUT2D eigenvalue weighted by atomic mass is 10.1. The van der Waals surface area contributed by atoms with Gasteiger partial charge in [0.15, 0.2) is 0 Å². The van der Waals surface area contributed by atoms with Crippen LogP contribution in [0.4, 0.5) is 5.69 Å². The van der Waals surface area contributed by atoms with E-state index in [1.807, 2.05) is 19.9 Å². The lowest BCUT2D eigenvalue weighted by Crippen LogP contribution is -2.47. The van der Waals surface area contributed by atoms with Gasteiger partial charge in [-0.15, -0.1) is 0 Å². The van der Waals surface area contributed by atoms with Crippen molar-refractivity contribution in [3.05, 3.63) is 63.6 Å². The number of hydrogen-bond donors (Lipinski definition) is 1. The van der Waals surface area contributed by atoms with E-state index in [9.17, 15) is 18.0 Å². The maximum atomic E-state index is 13.3. The van der Waals surface area contributed by atoms with E-state index in [-0.39, 0.29) is 31.3 Å². The van der Waals surface area contributed by atoms with Gasteiger partial charge < -0.3 is 10.2 Å². The summed E-state index contributed by atoms with van der Waals surface area (Å²) < 4.78 is 26.1. The number of amides is 2. The van der Waals surface area contributed by atoms with Crippen LogP contribution in [0.2, 0.25) is 10.0 Å². The first-order chi connectivity index (χ1) is 16.4. The predicted octanol–water partition coefficient (Wildman–Crippen LogP) is 4.79. The van der Waals surface area contributed by atoms with Crippen molar-refractivity contribution in [2.45, 2.75) is 52.6 Å². The molecule has 0 bridgehead atoms. The Morgan fingerprint density at radius 1 is 1.09 bits per heavy atom. The molecular formula is C25H33Cl2N3O4S. The summed E-state index contributed by atoms with van der Waals surface area (Å²) in [6.07, 6.45) is 2.29. The van der Waals surface area contributed by atoms with E-state index < -0.39 is 16.1 Å². The second-order valence-electron chi connectivity index (χ2n) is 8.51. The summed E-state index contributed by atoms with van der Waals surface area (Å²) in [5, 5.41) is 3.59. The van der Waals surface area contributed by atoms with E-state index >= 15 is 0 Å². The molecule has 0 fully saturated rings. The van der Waals surface area contributed by atoms with E-state index in [1.165, 1.54) is 9.21 Å². The number of carbonyl (C=O) groups is 2. The van der Waals surface area contributed by atoms with Gasteiger partial charge >= 0.3 is 0 Å². The molecule has 2 aromatic rings. The third-order valence-corrected chi connectivity index (χ3v) is 7.43. The predicted molar refractivity (Wildman–Crippen MR) is 142 cm³/mol. The quantitative estimate of drug-likeness (QED) is 0.418. The lowest BCUT2D eigenvalue weighted by molar-refractivity contribution is -0.140. The number of hydrogen-bond acceptors (Lipinski definition) is 4. The molecule has 0 saturated carbocycles. The molecule has 0 unspecified atom stereocenters. The lowest BCUT2D eigenvalue weighted by Gasteiger charge is -2.29. The topological polar surface area (TPSA) is 86.8 Å². The number of rotatable bonds is 12. The first kappa shape index (κ1) is 28.9. The molecule has 2 rings (SSSR count). The van der Waals surface area contributed by atoms with Gasteiger partial charge in [0.2, 0.25) is 21.8 Å². The maximum absolute atomic E-state index is 13.3. The van der Waals surface area contributed by atoms with Gasteiger partial charge in [-0.3, -0.25) is 13.9 Å². The number of nitrogens with one attached hydrogen (secondary N) is 1. The molecule has 0 spiro atoms. The fraction of sp³-hybridized carbons (Fsp3) is 0.440. The van der Waals surface area contributed by atoms with Gasteiger partial charge in [0.25, 0.3) is 0 Å². The van der Waals surface area contributed by atoms with E-state index in [2.05, 4.69) is 5.32 Å². The highest BCUT2D eigenvalue weighted by Crippen LogP contribution is 2.24. The molecule has 0 saturated heterocycles. The van der Waals surface area contributed by atoms with Gasteiger partial charge in [-0.05, 0) is 62.1 Å². The third-order valence-electron chi connectivity index (χ3n) is 5.50. The van der Waals surface area contributed by atoms with E-state index in [0.717, 1.165) is 23.8 Å². The van der Waals surface area contributed by atoms with E-state index in [4.69, 9.17) is 23.2 Å². The number of carbonyl (C=O) groups excluding carboxylic acids is 2. The molecule has 1 N–H and O–H groups in total. The van der Waals surface area contributed by atoms with Crippen LogP contribution < -0.4 is 9.62 Å². The Kier molecular flexibility index (Phi) is 10.9. The van der Waals surface area contributed by atoms with Gasteiger partial charge in [0.1, 0.15) is 6.04 Å². The average Bonchev–Trinajstić information content (AvgIpc) is 2.79. The van der Waals surface area contributed by atoms with E-state index in [0.29, 0.717) is 28.7 Å². The molecule has 0 aliphatic carbocycles. The summed E-state index contributed by atoms with van der Waals surface area (Å²) >= 11 is 12.2. The Morgan fingerprint density at radius 2 is 1.80 bits per heavy atom. The molecule has 10 heteroatoms. The summed E-state index contributed by atoms with van der Waals surface area (Å²) in [7, 11) is -3.53. The number of halogens is 2. The Balaban J connectivity index is 2.18. The highest BCUT2D eigenvalue weighted by molar-refractivity contribution is 7.92. The van der Waals surface area contributed by atoms with Crippen molar-refractivity contribution in [3.63, 3.8) is 0 Å². The number of anilines is 1. The summed E-state index contributed by atoms with van der Waals surface area (Å²) in [6.45, 7) is 6.34. The van der Waals surface area contributed by atoms with Crippen LogP contribution in [-0.4, -0.2) is 50.5 Å². The zero-order chi connectivity index (χ0) is 26.2. The fourth-order valence-electron chi connectivity index (χ4n) is 3.60. The van der Waals surface area contributed by atoms with Crippen molar-refractivity contribution in [1.82, 2.24) is 10.2 Å². The smallest absolute Gasteiger partial charge is 0.242 e. The zero-order valence-electron chi connectivity index (χ0n) is 20.6.